The fourth-order valence-corrected chi connectivity index (χ4v) is 2.25. The van der Waals surface area contributed by atoms with Crippen molar-refractivity contribution in [3.8, 4) is 0 Å². The summed E-state index contributed by atoms with van der Waals surface area (Å²) < 4.78 is 0. The molecule has 18 heavy (non-hydrogen) atoms. The first-order chi connectivity index (χ1) is 8.69. The van der Waals surface area contributed by atoms with Crippen LogP contribution in [0.2, 0.25) is 0 Å². The molecular formula is C12H21N3O2S. The minimum Gasteiger partial charge on any atom is -0.395 e. The number of carbonyl (C=O) groups excluding carboxylic acids is 1. The predicted octanol–water partition coefficient (Wildman–Crippen LogP) is 1.74. The summed E-state index contributed by atoms with van der Waals surface area (Å²) in [5.74, 6) is -0.145. The summed E-state index contributed by atoms with van der Waals surface area (Å²) in [4.78, 5) is 17.7. The number of aromatic nitrogens is 1. The van der Waals surface area contributed by atoms with Gasteiger partial charge in [0, 0.05) is 18.5 Å². The Labute approximate surface area is 112 Å². The molecule has 1 rings (SSSR count). The Balaban J connectivity index is 2.52. The third-order valence-electron chi connectivity index (χ3n) is 2.68. The van der Waals surface area contributed by atoms with Crippen molar-refractivity contribution in [2.24, 2.45) is 0 Å². The average Bonchev–Trinajstić information content (AvgIpc) is 2.79. The fraction of sp³-hybridized carbons (Fsp3) is 0.667. The van der Waals surface area contributed by atoms with Crippen LogP contribution in [-0.4, -0.2) is 40.6 Å². The number of nitrogens with two attached hydrogens (primary N) is 1. The number of carbonyl (C=O) groups is 1. The highest BCUT2D eigenvalue weighted by Crippen LogP contribution is 2.13. The molecule has 3 N–H and O–H groups in total. The lowest BCUT2D eigenvalue weighted by Gasteiger charge is -2.20. The summed E-state index contributed by atoms with van der Waals surface area (Å²) in [7, 11) is 0. The molecule has 0 spiro atoms. The van der Waals surface area contributed by atoms with Gasteiger partial charge in [-0.15, -0.1) is 11.3 Å². The number of aliphatic hydroxyl groups is 1. The summed E-state index contributed by atoms with van der Waals surface area (Å²) in [6.45, 7) is 3.13. The molecule has 1 aromatic rings. The SMILES string of the molecule is CCCCCCN(CCO)C(=O)c1csc(N)n1. The van der Waals surface area contributed by atoms with E-state index in [1.807, 2.05) is 0 Å². The molecule has 0 saturated heterocycles. The van der Waals surface area contributed by atoms with Gasteiger partial charge in [0.2, 0.25) is 0 Å². The zero-order valence-electron chi connectivity index (χ0n) is 10.8. The van der Waals surface area contributed by atoms with Gasteiger partial charge in [-0.25, -0.2) is 4.98 Å². The molecule has 0 aliphatic heterocycles. The van der Waals surface area contributed by atoms with Gasteiger partial charge in [-0.2, -0.15) is 0 Å². The lowest BCUT2D eigenvalue weighted by atomic mass is 10.2. The van der Waals surface area contributed by atoms with Gasteiger partial charge in [-0.1, -0.05) is 26.2 Å². The van der Waals surface area contributed by atoms with Crippen LogP contribution in [-0.2, 0) is 0 Å². The maximum absolute atomic E-state index is 12.1. The molecule has 102 valence electrons. The van der Waals surface area contributed by atoms with Crippen molar-refractivity contribution in [2.45, 2.75) is 32.6 Å². The zero-order valence-corrected chi connectivity index (χ0v) is 11.6. The van der Waals surface area contributed by atoms with Crippen molar-refractivity contribution < 1.29 is 9.90 Å². The third kappa shape index (κ3) is 4.62. The highest BCUT2D eigenvalue weighted by Gasteiger charge is 2.17. The summed E-state index contributed by atoms with van der Waals surface area (Å²) in [6, 6.07) is 0. The second-order valence-corrected chi connectivity index (χ2v) is 5.04. The van der Waals surface area contributed by atoms with Crippen molar-refractivity contribution in [1.82, 2.24) is 9.88 Å². The van der Waals surface area contributed by atoms with Crippen LogP contribution in [0.25, 0.3) is 0 Å². The molecule has 1 amide bonds. The number of anilines is 1. The van der Waals surface area contributed by atoms with Gasteiger partial charge in [0.25, 0.3) is 5.91 Å². The van der Waals surface area contributed by atoms with Crippen molar-refractivity contribution in [3.63, 3.8) is 0 Å². The number of hydrogen-bond donors (Lipinski definition) is 2. The number of aliphatic hydroxyl groups excluding tert-OH is 1. The molecule has 0 bridgehead atoms. The van der Waals surface area contributed by atoms with Crippen molar-refractivity contribution in [2.75, 3.05) is 25.4 Å². The molecule has 0 atom stereocenters. The minimum atomic E-state index is -0.145. The van der Waals surface area contributed by atoms with E-state index >= 15 is 0 Å². The molecule has 0 aromatic carbocycles. The lowest BCUT2D eigenvalue weighted by Crippen LogP contribution is -2.34. The van der Waals surface area contributed by atoms with Crippen molar-refractivity contribution in [1.29, 1.82) is 0 Å². The summed E-state index contributed by atoms with van der Waals surface area (Å²) in [5, 5.41) is 11.1. The lowest BCUT2D eigenvalue weighted by molar-refractivity contribution is 0.0713. The molecular weight excluding hydrogens is 250 g/mol. The van der Waals surface area contributed by atoms with Gasteiger partial charge in [-0.3, -0.25) is 4.79 Å². The van der Waals surface area contributed by atoms with Gasteiger partial charge in [0.1, 0.15) is 5.69 Å². The van der Waals surface area contributed by atoms with Crippen LogP contribution >= 0.6 is 11.3 Å². The summed E-state index contributed by atoms with van der Waals surface area (Å²) in [6.07, 6.45) is 4.39. The monoisotopic (exact) mass is 271 g/mol. The maximum atomic E-state index is 12.1. The van der Waals surface area contributed by atoms with Gasteiger partial charge < -0.3 is 15.7 Å². The van der Waals surface area contributed by atoms with E-state index in [0.29, 0.717) is 23.9 Å². The van der Waals surface area contributed by atoms with Crippen LogP contribution in [0.1, 0.15) is 43.1 Å². The van der Waals surface area contributed by atoms with Crippen LogP contribution in [0.15, 0.2) is 5.38 Å². The minimum absolute atomic E-state index is 0.0286. The highest BCUT2D eigenvalue weighted by atomic mass is 32.1. The van der Waals surface area contributed by atoms with Gasteiger partial charge in [0.05, 0.1) is 6.61 Å². The van der Waals surface area contributed by atoms with Gasteiger partial charge in [0.15, 0.2) is 5.13 Å². The molecule has 0 saturated carbocycles. The van der Waals surface area contributed by atoms with Crippen LogP contribution in [0.3, 0.4) is 0 Å². The number of unbranched alkanes of at least 4 members (excludes halogenated alkanes) is 3. The molecule has 0 unspecified atom stereocenters. The largest absolute Gasteiger partial charge is 0.395 e. The third-order valence-corrected chi connectivity index (χ3v) is 3.35. The van der Waals surface area contributed by atoms with E-state index < -0.39 is 0 Å². The number of hydrogen-bond acceptors (Lipinski definition) is 5. The van der Waals surface area contributed by atoms with E-state index in [4.69, 9.17) is 10.8 Å². The average molecular weight is 271 g/mol. The highest BCUT2D eigenvalue weighted by molar-refractivity contribution is 7.13. The topological polar surface area (TPSA) is 79.5 Å². The Morgan fingerprint density at radius 1 is 1.44 bits per heavy atom. The van der Waals surface area contributed by atoms with E-state index in [1.165, 1.54) is 17.8 Å². The second kappa shape index (κ2) is 8.05. The Morgan fingerprint density at radius 3 is 2.78 bits per heavy atom. The molecule has 5 nitrogen and oxygen atoms in total. The van der Waals surface area contributed by atoms with E-state index in [9.17, 15) is 4.79 Å². The van der Waals surface area contributed by atoms with Crippen LogP contribution < -0.4 is 5.73 Å². The molecule has 0 radical (unpaired) electrons. The van der Waals surface area contributed by atoms with E-state index in [-0.39, 0.29) is 12.5 Å². The normalized spacial score (nSPS) is 10.6. The fourth-order valence-electron chi connectivity index (χ4n) is 1.71. The Morgan fingerprint density at radius 2 is 2.22 bits per heavy atom. The smallest absolute Gasteiger partial charge is 0.273 e. The Bertz CT molecular complexity index is 368. The molecule has 0 aliphatic carbocycles. The van der Waals surface area contributed by atoms with Crippen molar-refractivity contribution in [3.05, 3.63) is 11.1 Å². The van der Waals surface area contributed by atoms with E-state index in [2.05, 4.69) is 11.9 Å². The number of rotatable bonds is 8. The molecule has 0 aliphatic rings. The zero-order chi connectivity index (χ0) is 13.4. The van der Waals surface area contributed by atoms with Crippen LogP contribution in [0.5, 0.6) is 0 Å². The van der Waals surface area contributed by atoms with Crippen LogP contribution in [0, 0.1) is 0 Å². The van der Waals surface area contributed by atoms with Crippen molar-refractivity contribution >= 4 is 22.4 Å². The number of thiazole rings is 1. The summed E-state index contributed by atoms with van der Waals surface area (Å²) in [5.41, 5.74) is 5.89. The predicted molar refractivity (Wildman–Crippen MR) is 73.7 cm³/mol. The first-order valence-corrected chi connectivity index (χ1v) is 7.18. The van der Waals surface area contributed by atoms with E-state index in [0.717, 1.165) is 19.3 Å². The molecule has 0 fully saturated rings. The Kier molecular flexibility index (Phi) is 6.67. The molecule has 6 heteroatoms. The maximum Gasteiger partial charge on any atom is 0.273 e. The standard InChI is InChI=1S/C12H21N3O2S/c1-2-3-4-5-6-15(7-8-16)11(17)10-9-18-12(13)14-10/h9,16H,2-8H2,1H3,(H2,13,14). The summed E-state index contributed by atoms with van der Waals surface area (Å²) >= 11 is 1.26. The Hall–Kier alpha value is -1.14. The quantitative estimate of drug-likeness (QED) is 0.706. The molecule has 1 heterocycles. The van der Waals surface area contributed by atoms with Gasteiger partial charge in [-0.05, 0) is 6.42 Å². The number of nitrogens with zero attached hydrogens (tertiary/aromatic N) is 2. The van der Waals surface area contributed by atoms with E-state index in [1.54, 1.807) is 10.3 Å². The first kappa shape index (κ1) is 14.9. The second-order valence-electron chi connectivity index (χ2n) is 4.15. The first-order valence-electron chi connectivity index (χ1n) is 6.30. The number of amides is 1. The number of nitrogen functional groups attached to an aromatic ring is 1. The molecule has 1 aromatic heterocycles. The van der Waals surface area contributed by atoms with Gasteiger partial charge >= 0.3 is 0 Å². The van der Waals surface area contributed by atoms with Crippen LogP contribution in [0.4, 0.5) is 5.13 Å².